The molecule has 11 heteroatoms. The van der Waals surface area contributed by atoms with Crippen LogP contribution in [0.15, 0.2) is 35.4 Å². The predicted molar refractivity (Wildman–Crippen MR) is 141 cm³/mol. The second kappa shape index (κ2) is 10.5. The molecule has 0 unspecified atom stereocenters. The van der Waals surface area contributed by atoms with Gasteiger partial charge in [0.15, 0.2) is 0 Å². The van der Waals surface area contributed by atoms with Gasteiger partial charge in [-0.1, -0.05) is 6.07 Å². The molecule has 10 nitrogen and oxygen atoms in total. The molecule has 37 heavy (non-hydrogen) atoms. The van der Waals surface area contributed by atoms with Crippen LogP contribution in [0, 0.1) is 34.8 Å². The van der Waals surface area contributed by atoms with Crippen LogP contribution in [0.5, 0.6) is 0 Å². The van der Waals surface area contributed by atoms with Gasteiger partial charge in [0.05, 0.1) is 9.82 Å². The van der Waals surface area contributed by atoms with Gasteiger partial charge in [0, 0.05) is 51.2 Å². The van der Waals surface area contributed by atoms with Crippen LogP contribution in [0.2, 0.25) is 0 Å². The maximum atomic E-state index is 13.4. The van der Waals surface area contributed by atoms with Gasteiger partial charge in [-0.3, -0.25) is 10.1 Å². The smallest absolute Gasteiger partial charge is 0.296 e. The number of nitro benzene ring substituents is 1. The summed E-state index contributed by atoms with van der Waals surface area (Å²) in [7, 11) is -3.79. The molecule has 0 saturated carbocycles. The number of nitro groups is 1. The lowest BCUT2D eigenvalue weighted by Gasteiger charge is -2.43. The summed E-state index contributed by atoms with van der Waals surface area (Å²) in [6.07, 6.45) is 6.41. The maximum Gasteiger partial charge on any atom is 0.296 e. The van der Waals surface area contributed by atoms with E-state index in [2.05, 4.69) is 4.98 Å². The Morgan fingerprint density at radius 1 is 1.08 bits per heavy atom. The molecule has 3 aliphatic rings. The molecule has 1 aromatic heterocycles. The number of nitrogens with two attached hydrogens (primary N) is 1. The number of aromatic nitrogens is 1. The highest BCUT2D eigenvalue weighted by Gasteiger charge is 2.42. The zero-order chi connectivity index (χ0) is 26.2. The van der Waals surface area contributed by atoms with Crippen molar-refractivity contribution >= 4 is 27.2 Å². The molecule has 3 saturated heterocycles. The fourth-order valence-corrected chi connectivity index (χ4v) is 7.77. The Morgan fingerprint density at radius 3 is 2.41 bits per heavy atom. The minimum absolute atomic E-state index is 0.0408. The second-order valence-corrected chi connectivity index (χ2v) is 12.5. The van der Waals surface area contributed by atoms with Gasteiger partial charge in [0.25, 0.3) is 5.69 Å². The van der Waals surface area contributed by atoms with E-state index in [1.165, 1.54) is 4.31 Å². The zero-order valence-electron chi connectivity index (χ0n) is 21.2. The summed E-state index contributed by atoms with van der Waals surface area (Å²) in [4.78, 5) is 17.9. The second-order valence-electron chi connectivity index (χ2n) is 10.6. The Hall–Kier alpha value is -2.76. The van der Waals surface area contributed by atoms with E-state index >= 15 is 0 Å². The fraction of sp³-hybridized carbons (Fsp3) is 0.577. The zero-order valence-corrected chi connectivity index (χ0v) is 22.0. The number of ether oxygens (including phenoxy) is 1. The van der Waals surface area contributed by atoms with Crippen LogP contribution in [0.1, 0.15) is 36.8 Å². The lowest BCUT2D eigenvalue weighted by molar-refractivity contribution is -0.384. The topological polar surface area (TPSA) is 132 Å². The number of pyridine rings is 1. The van der Waals surface area contributed by atoms with Gasteiger partial charge in [-0.15, -0.1) is 0 Å². The summed E-state index contributed by atoms with van der Waals surface area (Å²) in [5.41, 5.74) is 7.42. The summed E-state index contributed by atoms with van der Waals surface area (Å²) >= 11 is 0. The van der Waals surface area contributed by atoms with Crippen molar-refractivity contribution in [2.45, 2.75) is 43.9 Å². The van der Waals surface area contributed by atoms with E-state index in [-0.39, 0.29) is 16.1 Å². The molecular formula is C26H35N5O5S. The first kappa shape index (κ1) is 25.9. The molecule has 5 rings (SSSR count). The molecule has 200 valence electrons. The van der Waals surface area contributed by atoms with Crippen molar-refractivity contribution in [1.29, 1.82) is 0 Å². The highest BCUT2D eigenvalue weighted by atomic mass is 32.2. The van der Waals surface area contributed by atoms with Crippen molar-refractivity contribution in [3.63, 3.8) is 0 Å². The van der Waals surface area contributed by atoms with Gasteiger partial charge in [-0.2, -0.15) is 4.31 Å². The molecule has 0 bridgehead atoms. The van der Waals surface area contributed by atoms with Crippen molar-refractivity contribution in [1.82, 2.24) is 9.29 Å². The number of piperidine rings is 1. The SMILES string of the molecule is Cc1c(S(=O)(=O)N2CC(C3CCOCC3)C2)ccc(N2CCC(Cc3ccc(N)nc3)CC2)c1[N+](=O)[O-]. The Labute approximate surface area is 218 Å². The third-order valence-corrected chi connectivity index (χ3v) is 10.3. The predicted octanol–water partition coefficient (Wildman–Crippen LogP) is 3.39. The molecule has 3 fully saturated rings. The lowest BCUT2D eigenvalue weighted by Crippen LogP contribution is -2.53. The van der Waals surface area contributed by atoms with Gasteiger partial charge in [0.1, 0.15) is 11.5 Å². The Balaban J connectivity index is 1.28. The van der Waals surface area contributed by atoms with E-state index in [1.54, 1.807) is 31.3 Å². The van der Waals surface area contributed by atoms with E-state index in [9.17, 15) is 18.5 Å². The highest BCUT2D eigenvalue weighted by molar-refractivity contribution is 7.89. The number of rotatable bonds is 7. The molecule has 2 aromatic rings. The number of nitrogens with zero attached hydrogens (tertiary/aromatic N) is 4. The van der Waals surface area contributed by atoms with Crippen molar-refractivity contribution in [2.24, 2.45) is 17.8 Å². The van der Waals surface area contributed by atoms with Crippen LogP contribution in [0.4, 0.5) is 17.2 Å². The minimum Gasteiger partial charge on any atom is -0.384 e. The normalized spacial score (nSPS) is 20.6. The quantitative estimate of drug-likeness (QED) is 0.426. The minimum atomic E-state index is -3.79. The first-order valence-electron chi connectivity index (χ1n) is 13.0. The highest BCUT2D eigenvalue weighted by Crippen LogP contribution is 2.40. The van der Waals surface area contributed by atoms with Crippen molar-refractivity contribution < 1.29 is 18.1 Å². The number of anilines is 2. The number of hydrogen-bond donors (Lipinski definition) is 1. The van der Waals surface area contributed by atoms with Crippen LogP contribution < -0.4 is 10.6 Å². The maximum absolute atomic E-state index is 13.4. The molecule has 0 atom stereocenters. The molecule has 2 N–H and O–H groups in total. The van der Waals surface area contributed by atoms with E-state index in [0.717, 1.165) is 50.9 Å². The summed E-state index contributed by atoms with van der Waals surface area (Å²) in [6.45, 7) is 5.33. The molecule has 0 radical (unpaired) electrons. The van der Waals surface area contributed by atoms with Crippen LogP contribution >= 0.6 is 0 Å². The van der Waals surface area contributed by atoms with Crippen LogP contribution in [-0.4, -0.2) is 62.0 Å². The van der Waals surface area contributed by atoms with Gasteiger partial charge in [-0.25, -0.2) is 13.4 Å². The monoisotopic (exact) mass is 529 g/mol. The number of sulfonamides is 1. The van der Waals surface area contributed by atoms with Crippen LogP contribution in [-0.2, 0) is 21.2 Å². The Kier molecular flexibility index (Phi) is 7.37. The van der Waals surface area contributed by atoms with Crippen LogP contribution in [0.25, 0.3) is 0 Å². The molecule has 4 heterocycles. The Bertz CT molecular complexity index is 1230. The molecule has 0 spiro atoms. The van der Waals surface area contributed by atoms with Gasteiger partial charge in [-0.05, 0) is 80.5 Å². The lowest BCUT2D eigenvalue weighted by atomic mass is 9.82. The summed E-state index contributed by atoms with van der Waals surface area (Å²) in [6, 6.07) is 6.97. The Morgan fingerprint density at radius 2 is 1.78 bits per heavy atom. The molecule has 0 aliphatic carbocycles. The fourth-order valence-electron chi connectivity index (χ4n) is 5.99. The third kappa shape index (κ3) is 5.30. The molecule has 1 aromatic carbocycles. The van der Waals surface area contributed by atoms with E-state index in [4.69, 9.17) is 10.5 Å². The molecule has 0 amide bonds. The van der Waals surface area contributed by atoms with E-state index in [0.29, 0.717) is 55.4 Å². The summed E-state index contributed by atoms with van der Waals surface area (Å²) in [5.74, 6) is 1.77. The van der Waals surface area contributed by atoms with Gasteiger partial charge in [0.2, 0.25) is 10.0 Å². The van der Waals surface area contributed by atoms with Crippen molar-refractivity contribution in [3.8, 4) is 0 Å². The first-order valence-corrected chi connectivity index (χ1v) is 14.5. The summed E-state index contributed by atoms with van der Waals surface area (Å²) < 4.78 is 33.7. The largest absolute Gasteiger partial charge is 0.384 e. The molecule has 3 aliphatic heterocycles. The van der Waals surface area contributed by atoms with E-state index < -0.39 is 14.9 Å². The van der Waals surface area contributed by atoms with Gasteiger partial charge >= 0.3 is 0 Å². The van der Waals surface area contributed by atoms with Crippen molar-refractivity contribution in [3.05, 3.63) is 51.7 Å². The average molecular weight is 530 g/mol. The number of hydrogen-bond acceptors (Lipinski definition) is 8. The van der Waals surface area contributed by atoms with Crippen molar-refractivity contribution in [2.75, 3.05) is 50.0 Å². The standard InChI is InChI=1S/C26H35N5O5S/c1-18-24(37(34,35)30-16-22(17-30)21-8-12-36-13-9-21)4-3-23(26(18)31(32)33)29-10-6-19(7-11-29)14-20-2-5-25(27)28-15-20/h2-5,15,19,21-22H,6-14,16-17H2,1H3,(H2,27,28). The average Bonchev–Trinajstić information content (AvgIpc) is 2.85. The number of benzene rings is 1. The van der Waals surface area contributed by atoms with E-state index in [1.807, 2.05) is 11.0 Å². The third-order valence-electron chi connectivity index (χ3n) is 8.30. The summed E-state index contributed by atoms with van der Waals surface area (Å²) in [5, 5.41) is 12.2. The number of nitrogen functional groups attached to an aromatic ring is 1. The molecular weight excluding hydrogens is 494 g/mol. The first-order chi connectivity index (χ1) is 17.7. The van der Waals surface area contributed by atoms with Gasteiger partial charge < -0.3 is 15.4 Å². The van der Waals surface area contributed by atoms with Crippen LogP contribution in [0.3, 0.4) is 0 Å².